The van der Waals surface area contributed by atoms with Crippen molar-refractivity contribution in [2.45, 2.75) is 64.2 Å². The van der Waals surface area contributed by atoms with Gasteiger partial charge in [0.25, 0.3) is 0 Å². The minimum Gasteiger partial charge on any atom is -0.300 e. The number of hydrogen-bond acceptors (Lipinski definition) is 1. The molecule has 1 aliphatic rings. The molecule has 0 atom stereocenters. The summed E-state index contributed by atoms with van der Waals surface area (Å²) in [5, 5.41) is 0. The van der Waals surface area contributed by atoms with Crippen molar-refractivity contribution in [2.75, 3.05) is 0 Å². The van der Waals surface area contributed by atoms with Crippen molar-refractivity contribution in [3.63, 3.8) is 0 Å². The molecule has 3 rings (SSSR count). The SMILES string of the molecule is O=C1CCCCCCc2ccccc2-c2cccc(c2)CCCC1. The van der Waals surface area contributed by atoms with Crippen molar-refractivity contribution in [1.82, 2.24) is 0 Å². The van der Waals surface area contributed by atoms with E-state index in [0.717, 1.165) is 44.9 Å². The van der Waals surface area contributed by atoms with Gasteiger partial charge in [0.2, 0.25) is 0 Å². The van der Waals surface area contributed by atoms with Gasteiger partial charge in [-0.1, -0.05) is 61.4 Å². The third-order valence-corrected chi connectivity index (χ3v) is 5.08. The van der Waals surface area contributed by atoms with E-state index in [0.29, 0.717) is 5.78 Å². The standard InChI is InChI=1S/C23H28O/c24-22-15-4-2-1-3-12-20-13-6-8-17-23(20)21-14-9-11-19(18-21)10-5-7-16-22/h6,8-9,11,13-14,17-18H,1-5,7,10,12,15-16H2. The van der Waals surface area contributed by atoms with Gasteiger partial charge in [0.05, 0.1) is 0 Å². The smallest absolute Gasteiger partial charge is 0.132 e. The zero-order chi connectivity index (χ0) is 16.6. The summed E-state index contributed by atoms with van der Waals surface area (Å²) in [7, 11) is 0. The van der Waals surface area contributed by atoms with Crippen LogP contribution in [0.1, 0.15) is 62.5 Å². The molecule has 24 heavy (non-hydrogen) atoms. The van der Waals surface area contributed by atoms with E-state index in [1.54, 1.807) is 0 Å². The monoisotopic (exact) mass is 320 g/mol. The molecule has 2 bridgehead atoms. The van der Waals surface area contributed by atoms with Crippen LogP contribution in [-0.2, 0) is 17.6 Å². The van der Waals surface area contributed by atoms with Crippen LogP contribution in [0.4, 0.5) is 0 Å². The third kappa shape index (κ3) is 4.80. The van der Waals surface area contributed by atoms with Gasteiger partial charge in [0.1, 0.15) is 5.78 Å². The second-order valence-electron chi connectivity index (χ2n) is 7.02. The first-order valence-corrected chi connectivity index (χ1v) is 9.52. The molecule has 0 radical (unpaired) electrons. The molecule has 0 spiro atoms. The number of fused-ring (bicyclic) bond motifs is 4. The molecule has 0 unspecified atom stereocenters. The lowest BCUT2D eigenvalue weighted by molar-refractivity contribution is -0.119. The van der Waals surface area contributed by atoms with E-state index >= 15 is 0 Å². The molecule has 0 aliphatic heterocycles. The van der Waals surface area contributed by atoms with E-state index < -0.39 is 0 Å². The Balaban J connectivity index is 1.82. The summed E-state index contributed by atoms with van der Waals surface area (Å²) in [6, 6.07) is 17.8. The Hall–Kier alpha value is -1.89. The van der Waals surface area contributed by atoms with Crippen LogP contribution in [0.2, 0.25) is 0 Å². The quantitative estimate of drug-likeness (QED) is 0.569. The third-order valence-electron chi connectivity index (χ3n) is 5.08. The average molecular weight is 320 g/mol. The molecule has 1 aliphatic carbocycles. The molecule has 1 heteroatoms. The maximum atomic E-state index is 11.9. The maximum absolute atomic E-state index is 11.9. The highest BCUT2D eigenvalue weighted by molar-refractivity contribution is 5.78. The summed E-state index contributed by atoms with van der Waals surface area (Å²) in [4.78, 5) is 11.9. The van der Waals surface area contributed by atoms with E-state index in [2.05, 4.69) is 48.5 Å². The molecule has 0 saturated carbocycles. The molecule has 0 fully saturated rings. The molecular formula is C23H28O. The number of aryl methyl sites for hydroxylation is 2. The van der Waals surface area contributed by atoms with Gasteiger partial charge in [0, 0.05) is 12.8 Å². The normalized spacial score (nSPS) is 17.2. The number of benzene rings is 2. The van der Waals surface area contributed by atoms with Crippen LogP contribution < -0.4 is 0 Å². The Kier molecular flexibility index (Phi) is 6.23. The van der Waals surface area contributed by atoms with Crippen LogP contribution in [0.15, 0.2) is 48.5 Å². The van der Waals surface area contributed by atoms with Crippen LogP contribution in [0.3, 0.4) is 0 Å². The average Bonchev–Trinajstić information content (AvgIpc) is 2.61. The van der Waals surface area contributed by atoms with E-state index in [9.17, 15) is 4.79 Å². The van der Waals surface area contributed by atoms with E-state index in [1.165, 1.54) is 41.5 Å². The molecule has 2 aromatic rings. The van der Waals surface area contributed by atoms with Crippen LogP contribution in [0, 0.1) is 0 Å². The van der Waals surface area contributed by atoms with Crippen molar-refractivity contribution < 1.29 is 4.79 Å². The van der Waals surface area contributed by atoms with Crippen molar-refractivity contribution in [1.29, 1.82) is 0 Å². The zero-order valence-corrected chi connectivity index (χ0v) is 14.6. The van der Waals surface area contributed by atoms with E-state index in [4.69, 9.17) is 0 Å². The fourth-order valence-electron chi connectivity index (χ4n) is 3.68. The van der Waals surface area contributed by atoms with Crippen molar-refractivity contribution in [3.05, 3.63) is 59.7 Å². The summed E-state index contributed by atoms with van der Waals surface area (Å²) >= 11 is 0. The van der Waals surface area contributed by atoms with E-state index in [1.807, 2.05) is 0 Å². The van der Waals surface area contributed by atoms with Gasteiger partial charge >= 0.3 is 0 Å². The highest BCUT2D eigenvalue weighted by Crippen LogP contribution is 2.27. The lowest BCUT2D eigenvalue weighted by Gasteiger charge is -2.12. The number of carbonyl (C=O) groups excluding carboxylic acids is 1. The van der Waals surface area contributed by atoms with Gasteiger partial charge < -0.3 is 0 Å². The van der Waals surface area contributed by atoms with Gasteiger partial charge in [-0.2, -0.15) is 0 Å². The topological polar surface area (TPSA) is 17.1 Å². The van der Waals surface area contributed by atoms with Crippen LogP contribution in [0.25, 0.3) is 11.1 Å². The highest BCUT2D eigenvalue weighted by Gasteiger charge is 2.07. The molecule has 126 valence electrons. The number of Topliss-reactive ketones (excluding diaryl/α,β-unsaturated/α-hetero) is 1. The minimum atomic E-state index is 0.459. The van der Waals surface area contributed by atoms with Crippen molar-refractivity contribution in [2.24, 2.45) is 0 Å². The first-order valence-electron chi connectivity index (χ1n) is 9.52. The Labute approximate surface area is 146 Å². The predicted octanol–water partition coefficient (Wildman–Crippen LogP) is 6.14. The Morgan fingerprint density at radius 3 is 2.21 bits per heavy atom. The van der Waals surface area contributed by atoms with Gasteiger partial charge in [-0.3, -0.25) is 4.79 Å². The van der Waals surface area contributed by atoms with Crippen LogP contribution in [-0.4, -0.2) is 5.78 Å². The summed E-state index contributed by atoms with van der Waals surface area (Å²) in [6.07, 6.45) is 10.6. The molecule has 0 aromatic heterocycles. The lowest BCUT2D eigenvalue weighted by Crippen LogP contribution is -1.99. The fourth-order valence-corrected chi connectivity index (χ4v) is 3.68. The molecule has 0 saturated heterocycles. The zero-order valence-electron chi connectivity index (χ0n) is 14.6. The first-order chi connectivity index (χ1) is 11.8. The fraction of sp³-hybridized carbons (Fsp3) is 0.435. The lowest BCUT2D eigenvalue weighted by atomic mass is 9.93. The predicted molar refractivity (Wildman–Crippen MR) is 101 cm³/mol. The number of rotatable bonds is 0. The molecular weight excluding hydrogens is 292 g/mol. The summed E-state index contributed by atoms with van der Waals surface area (Å²) in [5.74, 6) is 0.459. The second kappa shape index (κ2) is 8.82. The molecule has 0 heterocycles. The number of ketones is 1. The maximum Gasteiger partial charge on any atom is 0.132 e. The van der Waals surface area contributed by atoms with Crippen molar-refractivity contribution >= 4 is 5.78 Å². The van der Waals surface area contributed by atoms with Gasteiger partial charge in [-0.05, 0) is 60.8 Å². The Morgan fingerprint density at radius 1 is 0.625 bits per heavy atom. The first kappa shape index (κ1) is 17.0. The largest absolute Gasteiger partial charge is 0.300 e. The number of hydrogen-bond donors (Lipinski definition) is 0. The molecule has 0 amide bonds. The van der Waals surface area contributed by atoms with Gasteiger partial charge in [-0.25, -0.2) is 0 Å². The summed E-state index contributed by atoms with van der Waals surface area (Å²) in [5.41, 5.74) is 5.58. The minimum absolute atomic E-state index is 0.459. The Bertz CT molecular complexity index is 671. The molecule has 1 nitrogen and oxygen atoms in total. The van der Waals surface area contributed by atoms with Gasteiger partial charge in [-0.15, -0.1) is 0 Å². The summed E-state index contributed by atoms with van der Waals surface area (Å²) in [6.45, 7) is 0. The number of carbonyl (C=O) groups is 1. The van der Waals surface area contributed by atoms with Crippen molar-refractivity contribution in [3.8, 4) is 11.1 Å². The van der Waals surface area contributed by atoms with E-state index in [-0.39, 0.29) is 0 Å². The molecule has 0 N–H and O–H groups in total. The highest BCUT2D eigenvalue weighted by atomic mass is 16.1. The van der Waals surface area contributed by atoms with Crippen LogP contribution >= 0.6 is 0 Å². The Morgan fingerprint density at radius 2 is 1.33 bits per heavy atom. The summed E-state index contributed by atoms with van der Waals surface area (Å²) < 4.78 is 0. The van der Waals surface area contributed by atoms with Gasteiger partial charge in [0.15, 0.2) is 0 Å². The second-order valence-corrected chi connectivity index (χ2v) is 7.02. The van der Waals surface area contributed by atoms with Crippen LogP contribution in [0.5, 0.6) is 0 Å². The molecule has 2 aromatic carbocycles.